The number of carbonyl (C=O) groups is 2. The minimum atomic E-state index is -1.15. The molecule has 1 rings (SSSR count). The number of hydrogen-bond donors (Lipinski definition) is 1. The number of hydrogen-bond acceptors (Lipinski definition) is 5. The highest BCUT2D eigenvalue weighted by atomic mass is 16.6. The number of aromatic carboxylic acids is 1. The number of carboxylic acids is 1. The van der Waals surface area contributed by atoms with Gasteiger partial charge in [-0.3, -0.25) is 0 Å². The third-order valence-electron chi connectivity index (χ3n) is 2.55. The van der Waals surface area contributed by atoms with E-state index < -0.39 is 17.5 Å². The first-order valence-corrected chi connectivity index (χ1v) is 6.36. The number of rotatable bonds is 4. The summed E-state index contributed by atoms with van der Waals surface area (Å²) in [7, 11) is 3.49. The number of aromatic nitrogens is 1. The number of nitrogens with zero attached hydrogens (tertiary/aromatic N) is 2. The summed E-state index contributed by atoms with van der Waals surface area (Å²) < 4.78 is 5.20. The highest BCUT2D eigenvalue weighted by Gasteiger charge is 2.23. The fraction of sp³-hybridized carbons (Fsp3) is 0.400. The minimum Gasteiger partial charge on any atom is -0.478 e. The molecule has 114 valence electrons. The van der Waals surface area contributed by atoms with Gasteiger partial charge < -0.3 is 14.7 Å². The molecule has 0 aliphatic heterocycles. The summed E-state index contributed by atoms with van der Waals surface area (Å²) in [5.74, 6) is -1.34. The summed E-state index contributed by atoms with van der Waals surface area (Å²) in [4.78, 5) is 29.2. The largest absolute Gasteiger partial charge is 0.478 e. The van der Waals surface area contributed by atoms with Crippen LogP contribution in [-0.2, 0) is 9.53 Å². The van der Waals surface area contributed by atoms with Crippen LogP contribution < -0.4 is 4.90 Å². The fourth-order valence-corrected chi connectivity index (χ4v) is 1.56. The molecule has 1 heterocycles. The lowest BCUT2D eigenvalue weighted by atomic mass is 10.0. The molecule has 1 aromatic heterocycles. The Morgan fingerprint density at radius 1 is 1.29 bits per heavy atom. The Balaban J connectivity index is 3.21. The Bertz CT molecular complexity index is 586. The smallest absolute Gasteiger partial charge is 0.338 e. The van der Waals surface area contributed by atoms with E-state index in [1.165, 1.54) is 12.3 Å². The van der Waals surface area contributed by atoms with Gasteiger partial charge in [-0.1, -0.05) is 6.58 Å². The lowest BCUT2D eigenvalue weighted by Gasteiger charge is -2.21. The highest BCUT2D eigenvalue weighted by molar-refractivity contribution is 6.18. The van der Waals surface area contributed by atoms with Crippen LogP contribution in [-0.4, -0.2) is 41.7 Å². The topological polar surface area (TPSA) is 79.7 Å². The summed E-state index contributed by atoms with van der Waals surface area (Å²) in [5.41, 5.74) is -0.590. The molecule has 1 aromatic rings. The normalized spacial score (nSPS) is 10.9. The first-order valence-electron chi connectivity index (χ1n) is 6.36. The van der Waals surface area contributed by atoms with Crippen molar-refractivity contribution in [2.24, 2.45) is 0 Å². The molecule has 0 aliphatic rings. The van der Waals surface area contributed by atoms with Crippen LogP contribution in [0.25, 0.3) is 5.57 Å². The van der Waals surface area contributed by atoms with Crippen LogP contribution in [0.1, 0.15) is 36.7 Å². The van der Waals surface area contributed by atoms with E-state index >= 15 is 0 Å². The number of carbonyl (C=O) groups excluding carboxylic acids is 1. The molecule has 0 aromatic carbocycles. The number of esters is 1. The van der Waals surface area contributed by atoms with Gasteiger partial charge in [-0.25, -0.2) is 14.6 Å². The molecule has 0 bridgehead atoms. The molecule has 0 atom stereocenters. The zero-order chi connectivity index (χ0) is 16.4. The van der Waals surface area contributed by atoms with Gasteiger partial charge in [0.15, 0.2) is 0 Å². The van der Waals surface area contributed by atoms with Gasteiger partial charge >= 0.3 is 11.9 Å². The van der Waals surface area contributed by atoms with E-state index in [4.69, 9.17) is 4.74 Å². The van der Waals surface area contributed by atoms with E-state index in [0.29, 0.717) is 5.82 Å². The van der Waals surface area contributed by atoms with E-state index in [2.05, 4.69) is 11.6 Å². The quantitative estimate of drug-likeness (QED) is 0.677. The molecule has 21 heavy (non-hydrogen) atoms. The van der Waals surface area contributed by atoms with Crippen molar-refractivity contribution in [2.75, 3.05) is 19.0 Å². The molecule has 0 spiro atoms. The Hall–Kier alpha value is -2.37. The molecule has 0 saturated heterocycles. The van der Waals surface area contributed by atoms with Crippen molar-refractivity contribution in [1.82, 2.24) is 4.98 Å². The van der Waals surface area contributed by atoms with E-state index in [-0.39, 0.29) is 16.7 Å². The molecule has 0 saturated carbocycles. The summed E-state index contributed by atoms with van der Waals surface area (Å²) in [6, 6.07) is 1.40. The van der Waals surface area contributed by atoms with Crippen LogP contribution in [0.5, 0.6) is 0 Å². The predicted octanol–water partition coefficient (Wildman–Crippen LogP) is 2.20. The van der Waals surface area contributed by atoms with Crippen LogP contribution in [0.4, 0.5) is 5.82 Å². The SMILES string of the molecule is C=C(C(=O)OC(C)(C)C)c1cnc(N(C)C)cc1C(=O)O. The van der Waals surface area contributed by atoms with Gasteiger partial charge in [0.25, 0.3) is 0 Å². The van der Waals surface area contributed by atoms with Crippen LogP contribution >= 0.6 is 0 Å². The Morgan fingerprint density at radius 3 is 2.29 bits per heavy atom. The summed E-state index contributed by atoms with van der Waals surface area (Å²) in [6.07, 6.45) is 1.32. The van der Waals surface area contributed by atoms with Crippen molar-refractivity contribution in [3.8, 4) is 0 Å². The third kappa shape index (κ3) is 4.30. The monoisotopic (exact) mass is 292 g/mol. The third-order valence-corrected chi connectivity index (χ3v) is 2.55. The average Bonchev–Trinajstić information content (AvgIpc) is 2.34. The lowest BCUT2D eigenvalue weighted by Crippen LogP contribution is -2.25. The van der Waals surface area contributed by atoms with Gasteiger partial charge in [-0.05, 0) is 26.8 Å². The first-order chi connectivity index (χ1) is 9.53. The molecule has 0 amide bonds. The van der Waals surface area contributed by atoms with Crippen molar-refractivity contribution >= 4 is 23.3 Å². The fourth-order valence-electron chi connectivity index (χ4n) is 1.56. The van der Waals surface area contributed by atoms with E-state index in [1.807, 2.05) is 0 Å². The zero-order valence-corrected chi connectivity index (χ0v) is 12.9. The maximum Gasteiger partial charge on any atom is 0.338 e. The van der Waals surface area contributed by atoms with Gasteiger partial charge in [-0.2, -0.15) is 0 Å². The standard InChI is InChI=1S/C15H20N2O4/c1-9(14(20)21-15(2,3)4)11-8-16-12(17(5)6)7-10(11)13(18)19/h7-8H,1H2,2-6H3,(H,18,19). The van der Waals surface area contributed by atoms with Gasteiger partial charge in [0.05, 0.1) is 11.1 Å². The summed E-state index contributed by atoms with van der Waals surface area (Å²) in [5, 5.41) is 9.30. The summed E-state index contributed by atoms with van der Waals surface area (Å²) >= 11 is 0. The van der Waals surface area contributed by atoms with Gasteiger partial charge in [0, 0.05) is 25.9 Å². The second kappa shape index (κ2) is 5.95. The molecule has 0 fully saturated rings. The predicted molar refractivity (Wildman–Crippen MR) is 80.4 cm³/mol. The van der Waals surface area contributed by atoms with Crippen LogP contribution in [0, 0.1) is 0 Å². The van der Waals surface area contributed by atoms with Crippen molar-refractivity contribution in [2.45, 2.75) is 26.4 Å². The van der Waals surface area contributed by atoms with Crippen molar-refractivity contribution in [3.63, 3.8) is 0 Å². The maximum absolute atomic E-state index is 12.0. The number of carboxylic acid groups (broad SMARTS) is 1. The average molecular weight is 292 g/mol. The zero-order valence-electron chi connectivity index (χ0n) is 12.9. The molecular formula is C15H20N2O4. The number of pyridine rings is 1. The van der Waals surface area contributed by atoms with Crippen molar-refractivity contribution < 1.29 is 19.4 Å². The first kappa shape index (κ1) is 16.7. The molecule has 6 heteroatoms. The highest BCUT2D eigenvalue weighted by Crippen LogP contribution is 2.23. The van der Waals surface area contributed by atoms with Crippen molar-refractivity contribution in [3.05, 3.63) is 30.0 Å². The summed E-state index contributed by atoms with van der Waals surface area (Å²) in [6.45, 7) is 8.81. The maximum atomic E-state index is 12.0. The van der Waals surface area contributed by atoms with E-state index in [9.17, 15) is 14.7 Å². The molecule has 0 radical (unpaired) electrons. The number of anilines is 1. The Labute approximate surface area is 124 Å². The lowest BCUT2D eigenvalue weighted by molar-refractivity contribution is -0.147. The van der Waals surface area contributed by atoms with Crippen LogP contribution in [0.15, 0.2) is 18.8 Å². The molecule has 0 unspecified atom stereocenters. The molecular weight excluding hydrogens is 272 g/mol. The Morgan fingerprint density at radius 2 is 1.86 bits per heavy atom. The molecule has 0 aliphatic carbocycles. The van der Waals surface area contributed by atoms with Gasteiger partial charge in [0.1, 0.15) is 11.4 Å². The van der Waals surface area contributed by atoms with Gasteiger partial charge in [0.2, 0.25) is 0 Å². The second-order valence-corrected chi connectivity index (χ2v) is 5.77. The second-order valence-electron chi connectivity index (χ2n) is 5.77. The molecule has 1 N–H and O–H groups in total. The van der Waals surface area contributed by atoms with Crippen LogP contribution in [0.3, 0.4) is 0 Å². The van der Waals surface area contributed by atoms with Crippen LogP contribution in [0.2, 0.25) is 0 Å². The van der Waals surface area contributed by atoms with E-state index in [1.54, 1.807) is 39.8 Å². The van der Waals surface area contributed by atoms with Gasteiger partial charge in [-0.15, -0.1) is 0 Å². The van der Waals surface area contributed by atoms with Crippen molar-refractivity contribution in [1.29, 1.82) is 0 Å². The van der Waals surface area contributed by atoms with E-state index in [0.717, 1.165) is 0 Å². The minimum absolute atomic E-state index is 0.0277. The molecule has 6 nitrogen and oxygen atoms in total. The number of ether oxygens (including phenoxy) is 1. The Kier molecular flexibility index (Phi) is 4.73.